The van der Waals surface area contributed by atoms with Crippen molar-refractivity contribution in [2.75, 3.05) is 5.43 Å². The molecule has 1 rings (SSSR count). The summed E-state index contributed by atoms with van der Waals surface area (Å²) in [6.45, 7) is 0. The van der Waals surface area contributed by atoms with E-state index in [-0.39, 0.29) is 5.56 Å². The molecule has 0 spiro atoms. The Kier molecular flexibility index (Phi) is 3.31. The van der Waals surface area contributed by atoms with E-state index in [1.807, 2.05) is 0 Å². The van der Waals surface area contributed by atoms with E-state index in [4.69, 9.17) is 5.26 Å². The summed E-state index contributed by atoms with van der Waals surface area (Å²) in [6, 6.07) is 6.05. The zero-order valence-corrected chi connectivity index (χ0v) is 9.43. The number of nitriles is 1. The Morgan fingerprint density at radius 1 is 1.50 bits per heavy atom. The average Bonchev–Trinajstić information content (AvgIpc) is 2.09. The maximum atomic E-state index is 12.7. The Bertz CT molecular complexity index is 321. The third kappa shape index (κ3) is 2.09. The molecule has 0 aliphatic carbocycles. The summed E-state index contributed by atoms with van der Waals surface area (Å²) >= 11 is 0.842. The predicted molar refractivity (Wildman–Crippen MR) is 45.0 cm³/mol. The second kappa shape index (κ2) is 4.28. The first-order valence-electron chi connectivity index (χ1n) is 3.19. The van der Waals surface area contributed by atoms with Gasteiger partial charge < -0.3 is 0 Å². The molecule has 0 aromatic heterocycles. The van der Waals surface area contributed by atoms with E-state index in [1.165, 1.54) is 12.1 Å². The molecule has 0 aliphatic rings. The van der Waals surface area contributed by atoms with Crippen LogP contribution in [0.3, 0.4) is 0 Å². The van der Waals surface area contributed by atoms with Crippen molar-refractivity contribution >= 4 is 28.5 Å². The fraction of sp³-hybridized carbons (Fsp3) is 0. The van der Waals surface area contributed by atoms with Crippen molar-refractivity contribution in [3.05, 3.63) is 29.6 Å². The van der Waals surface area contributed by atoms with Gasteiger partial charge in [0.05, 0.1) is 0 Å². The molecule has 3 nitrogen and oxygen atoms in total. The summed E-state index contributed by atoms with van der Waals surface area (Å²) in [5, 5.41) is 8.48. The molecule has 60 valence electrons. The number of hydrogen-bond acceptors (Lipinski definition) is 3. The van der Waals surface area contributed by atoms with E-state index in [9.17, 15) is 4.39 Å². The third-order valence-corrected chi connectivity index (χ3v) is 1.72. The second-order valence-electron chi connectivity index (χ2n) is 2.08. The topological polar surface area (TPSA) is 47.9 Å². The number of halogens is 1. The first-order valence-corrected chi connectivity index (χ1v) is 4.84. The Hall–Kier alpha value is -0.801. The normalized spacial score (nSPS) is 9.08. The number of anilines is 1. The van der Waals surface area contributed by atoms with Gasteiger partial charge in [-0.1, -0.05) is 0 Å². The SMILES string of the molecule is N#Cc1cc(N[NH][SnH])ccc1F. The molecule has 0 aliphatic heterocycles. The molecule has 0 bridgehead atoms. The summed E-state index contributed by atoms with van der Waals surface area (Å²) in [4.78, 5) is 0. The molecule has 0 unspecified atom stereocenters. The minimum atomic E-state index is -0.490. The van der Waals surface area contributed by atoms with Crippen molar-refractivity contribution in [1.82, 2.24) is 3.65 Å². The summed E-state index contributed by atoms with van der Waals surface area (Å²) in [7, 11) is 0. The van der Waals surface area contributed by atoms with Crippen LogP contribution in [0.5, 0.6) is 0 Å². The van der Waals surface area contributed by atoms with Crippen LogP contribution in [0.4, 0.5) is 10.1 Å². The van der Waals surface area contributed by atoms with Crippen molar-refractivity contribution < 1.29 is 4.39 Å². The minimum absolute atomic E-state index is 0.0517. The van der Waals surface area contributed by atoms with E-state index in [1.54, 1.807) is 12.1 Å². The Labute approximate surface area is 83.0 Å². The zero-order chi connectivity index (χ0) is 8.97. The van der Waals surface area contributed by atoms with Crippen molar-refractivity contribution in [2.45, 2.75) is 0 Å². The molecular formula is C7H6FN3Sn. The quantitative estimate of drug-likeness (QED) is 0.605. The van der Waals surface area contributed by atoms with E-state index in [0.29, 0.717) is 5.69 Å². The molecule has 0 saturated heterocycles. The van der Waals surface area contributed by atoms with Gasteiger partial charge in [-0.15, -0.1) is 0 Å². The van der Waals surface area contributed by atoms with Crippen LogP contribution in [0.25, 0.3) is 0 Å². The summed E-state index contributed by atoms with van der Waals surface area (Å²) < 4.78 is 15.6. The number of hydrogen-bond donors (Lipinski definition) is 2. The predicted octanol–water partition coefficient (Wildman–Crippen LogP) is 0.430. The van der Waals surface area contributed by atoms with Crippen molar-refractivity contribution in [3.63, 3.8) is 0 Å². The molecule has 1 aromatic carbocycles. The summed E-state index contributed by atoms with van der Waals surface area (Å²) in [5.41, 5.74) is 3.55. The van der Waals surface area contributed by atoms with Crippen molar-refractivity contribution in [2.24, 2.45) is 0 Å². The number of nitrogens with one attached hydrogen (secondary N) is 2. The van der Waals surface area contributed by atoms with E-state index >= 15 is 0 Å². The third-order valence-electron chi connectivity index (χ3n) is 1.30. The van der Waals surface area contributed by atoms with Gasteiger partial charge in [-0.05, 0) is 0 Å². The first kappa shape index (κ1) is 9.29. The number of nitrogens with zero attached hydrogens (tertiary/aromatic N) is 1. The zero-order valence-electron chi connectivity index (χ0n) is 6.13. The maximum absolute atomic E-state index is 12.7. The number of benzene rings is 1. The van der Waals surface area contributed by atoms with Crippen LogP contribution >= 0.6 is 0 Å². The molecule has 0 atom stereocenters. The van der Waals surface area contributed by atoms with Gasteiger partial charge in [0.1, 0.15) is 0 Å². The Balaban J connectivity index is 2.99. The van der Waals surface area contributed by atoms with Gasteiger partial charge in [0.15, 0.2) is 0 Å². The van der Waals surface area contributed by atoms with Gasteiger partial charge in [-0.2, -0.15) is 0 Å². The fourth-order valence-corrected chi connectivity index (χ4v) is 1.25. The van der Waals surface area contributed by atoms with Gasteiger partial charge in [0.25, 0.3) is 0 Å². The summed E-state index contributed by atoms with van der Waals surface area (Å²) in [6.07, 6.45) is 0. The monoisotopic (exact) mass is 271 g/mol. The van der Waals surface area contributed by atoms with E-state index in [0.717, 1.165) is 22.8 Å². The standard InChI is InChI=1S/C7H5FN3.Sn.H/c8-7-2-1-6(11-10)3-5(7)4-9;;/h1-3,10-11H;;/q-1;+1;. The number of rotatable bonds is 2. The molecule has 0 saturated carbocycles. The molecule has 2 radical (unpaired) electrons. The average molecular weight is 270 g/mol. The molecule has 1 aromatic rings. The van der Waals surface area contributed by atoms with Gasteiger partial charge in [0, 0.05) is 0 Å². The number of hydrazine groups is 1. The molecular weight excluding hydrogens is 264 g/mol. The van der Waals surface area contributed by atoms with Crippen LogP contribution in [0, 0.1) is 17.1 Å². The van der Waals surface area contributed by atoms with Gasteiger partial charge >= 0.3 is 82.9 Å². The molecule has 12 heavy (non-hydrogen) atoms. The van der Waals surface area contributed by atoms with Crippen LogP contribution in [0.2, 0.25) is 0 Å². The first-order chi connectivity index (χ1) is 5.77. The summed E-state index contributed by atoms with van der Waals surface area (Å²) in [5.74, 6) is -0.490. The van der Waals surface area contributed by atoms with Gasteiger partial charge in [-0.3, -0.25) is 0 Å². The van der Waals surface area contributed by atoms with Crippen LogP contribution in [0.15, 0.2) is 18.2 Å². The van der Waals surface area contributed by atoms with Crippen LogP contribution < -0.4 is 9.07 Å². The van der Waals surface area contributed by atoms with Crippen LogP contribution in [0.1, 0.15) is 5.56 Å². The Morgan fingerprint density at radius 3 is 2.83 bits per heavy atom. The van der Waals surface area contributed by atoms with Crippen molar-refractivity contribution in [1.29, 1.82) is 5.26 Å². The van der Waals surface area contributed by atoms with Crippen LogP contribution in [-0.4, -0.2) is 22.8 Å². The molecule has 2 N–H and O–H groups in total. The Morgan fingerprint density at radius 2 is 2.25 bits per heavy atom. The van der Waals surface area contributed by atoms with E-state index in [2.05, 4.69) is 9.07 Å². The van der Waals surface area contributed by atoms with Crippen LogP contribution in [-0.2, 0) is 0 Å². The second-order valence-corrected chi connectivity index (χ2v) is 2.90. The molecule has 0 amide bonds. The van der Waals surface area contributed by atoms with Gasteiger partial charge in [0.2, 0.25) is 0 Å². The fourth-order valence-electron chi connectivity index (χ4n) is 0.772. The van der Waals surface area contributed by atoms with E-state index < -0.39 is 5.82 Å². The van der Waals surface area contributed by atoms with Gasteiger partial charge in [-0.25, -0.2) is 0 Å². The molecule has 0 fully saturated rings. The molecule has 5 heteroatoms. The molecule has 0 heterocycles. The van der Waals surface area contributed by atoms with Crippen molar-refractivity contribution in [3.8, 4) is 6.07 Å².